The maximum absolute atomic E-state index is 13.9. The number of hydrogen-bond donors (Lipinski definition) is 4. The predicted molar refractivity (Wildman–Crippen MR) is 192 cm³/mol. The van der Waals surface area contributed by atoms with Gasteiger partial charge >= 0.3 is 0 Å². The van der Waals surface area contributed by atoms with Gasteiger partial charge in [-0.15, -0.1) is 0 Å². The van der Waals surface area contributed by atoms with Crippen LogP contribution in [0.2, 0.25) is 0 Å². The molecule has 0 saturated carbocycles. The molecule has 0 bridgehead atoms. The molecular formula is C40H64N2O4. The van der Waals surface area contributed by atoms with Crippen molar-refractivity contribution in [1.82, 2.24) is 0 Å². The molecule has 46 heavy (non-hydrogen) atoms. The van der Waals surface area contributed by atoms with Gasteiger partial charge in [-0.25, -0.2) is 0 Å². The van der Waals surface area contributed by atoms with Crippen LogP contribution in [0.15, 0.2) is 24.3 Å². The van der Waals surface area contributed by atoms with E-state index in [1.54, 1.807) is 0 Å². The van der Waals surface area contributed by atoms with Gasteiger partial charge in [0.05, 0.1) is 0 Å². The first-order chi connectivity index (χ1) is 20.8. The van der Waals surface area contributed by atoms with Crippen molar-refractivity contribution in [2.45, 2.75) is 162 Å². The topological polar surface area (TPSA) is 127 Å². The number of carbonyl (C=O) groups is 2. The van der Waals surface area contributed by atoms with Crippen LogP contribution < -0.4 is 11.5 Å². The van der Waals surface area contributed by atoms with E-state index in [9.17, 15) is 19.8 Å². The molecule has 2 aromatic rings. The van der Waals surface area contributed by atoms with Crippen LogP contribution in [0, 0.1) is 0 Å². The first-order valence-corrected chi connectivity index (χ1v) is 17.1. The largest absolute Gasteiger partial charge is 0.507 e. The van der Waals surface area contributed by atoms with Crippen molar-refractivity contribution in [3.63, 3.8) is 0 Å². The van der Waals surface area contributed by atoms with Gasteiger partial charge in [-0.3, -0.25) is 9.59 Å². The number of carbonyl (C=O) groups excluding carboxylic acids is 2. The third-order valence-electron chi connectivity index (χ3n) is 9.12. The van der Waals surface area contributed by atoms with E-state index in [4.69, 9.17) is 11.5 Å². The van der Waals surface area contributed by atoms with Crippen LogP contribution >= 0.6 is 0 Å². The summed E-state index contributed by atoms with van der Waals surface area (Å²) >= 11 is 0. The second kappa shape index (κ2) is 14.6. The molecule has 6 nitrogen and oxygen atoms in total. The zero-order valence-electron chi connectivity index (χ0n) is 31.0. The van der Waals surface area contributed by atoms with Crippen molar-refractivity contribution in [2.75, 3.05) is 6.54 Å². The fourth-order valence-electron chi connectivity index (χ4n) is 6.09. The normalized spacial score (nSPS) is 13.3. The molecule has 0 aliphatic rings. The van der Waals surface area contributed by atoms with Gasteiger partial charge in [-0.1, -0.05) is 120 Å². The van der Waals surface area contributed by atoms with Gasteiger partial charge in [-0.05, 0) is 87.3 Å². The van der Waals surface area contributed by atoms with Gasteiger partial charge in [0.1, 0.15) is 17.0 Å². The average molecular weight is 637 g/mol. The van der Waals surface area contributed by atoms with Crippen LogP contribution in [0.1, 0.15) is 155 Å². The van der Waals surface area contributed by atoms with Crippen LogP contribution in [0.25, 0.3) is 0 Å². The van der Waals surface area contributed by atoms with Crippen molar-refractivity contribution >= 4 is 11.6 Å². The Morgan fingerprint density at radius 3 is 1.13 bits per heavy atom. The summed E-state index contributed by atoms with van der Waals surface area (Å²) in [4.78, 5) is 27.9. The number of hydrogen-bond acceptors (Lipinski definition) is 6. The Labute approximate surface area is 279 Å². The third kappa shape index (κ3) is 9.90. The molecule has 2 aromatic carbocycles. The summed E-state index contributed by atoms with van der Waals surface area (Å²) in [7, 11) is 0. The minimum absolute atomic E-state index is 0.138. The molecule has 2 rings (SSSR count). The Morgan fingerprint density at radius 2 is 0.870 bits per heavy atom. The van der Waals surface area contributed by atoms with Gasteiger partial charge < -0.3 is 21.7 Å². The zero-order chi connectivity index (χ0) is 35.5. The molecule has 0 aromatic heterocycles. The Kier molecular flexibility index (Phi) is 12.5. The van der Waals surface area contributed by atoms with Crippen molar-refractivity contribution in [3.05, 3.63) is 57.6 Å². The van der Waals surface area contributed by atoms with E-state index in [-0.39, 0.29) is 52.5 Å². The van der Waals surface area contributed by atoms with Crippen LogP contribution in [-0.2, 0) is 44.1 Å². The van der Waals surface area contributed by atoms with Crippen molar-refractivity contribution in [1.29, 1.82) is 0 Å². The molecule has 0 amide bonds. The molecule has 6 heteroatoms. The summed E-state index contributed by atoms with van der Waals surface area (Å²) in [6.45, 7) is 25.4. The predicted octanol–water partition coefficient (Wildman–Crippen LogP) is 8.21. The number of Topliss-reactive ketones (excluding diaryl/α,β-unsaturated/α-hetero) is 2. The van der Waals surface area contributed by atoms with Crippen LogP contribution in [0.5, 0.6) is 11.5 Å². The lowest BCUT2D eigenvalue weighted by Gasteiger charge is -2.29. The molecule has 0 saturated heterocycles. The van der Waals surface area contributed by atoms with E-state index in [0.717, 1.165) is 46.2 Å². The number of ketones is 2. The van der Waals surface area contributed by atoms with Crippen molar-refractivity contribution in [2.24, 2.45) is 11.5 Å². The monoisotopic (exact) mass is 636 g/mol. The summed E-state index contributed by atoms with van der Waals surface area (Å²) in [6.07, 6.45) is 3.70. The molecule has 0 atom stereocenters. The lowest BCUT2D eigenvalue weighted by molar-refractivity contribution is -0.135. The van der Waals surface area contributed by atoms with Crippen molar-refractivity contribution in [3.8, 4) is 11.5 Å². The maximum atomic E-state index is 13.9. The van der Waals surface area contributed by atoms with Gasteiger partial charge in [0.15, 0.2) is 11.6 Å². The van der Waals surface area contributed by atoms with E-state index >= 15 is 0 Å². The highest BCUT2D eigenvalue weighted by Crippen LogP contribution is 2.41. The SMILES string of the molecule is CC(C)(C)c1cc(CCC(=O)C(N)(CCCCCN)C(=O)CCc2cc(C(C)(C)C)c(O)c(C(C)(C)C)c2)cc(C(C)(C)C)c1O. The molecule has 6 N–H and O–H groups in total. The second-order valence-corrected chi connectivity index (χ2v) is 17.5. The molecular weight excluding hydrogens is 572 g/mol. The first kappa shape index (κ1) is 39.5. The molecule has 0 unspecified atom stereocenters. The molecule has 0 aliphatic heterocycles. The number of aromatic hydroxyl groups is 2. The number of phenolic OH excluding ortho intramolecular Hbond substituents is 2. The molecule has 258 valence electrons. The number of aryl methyl sites for hydroxylation is 2. The molecule has 0 heterocycles. The van der Waals surface area contributed by atoms with Gasteiger partial charge in [0, 0.05) is 12.8 Å². The smallest absolute Gasteiger partial charge is 0.160 e. The van der Waals surface area contributed by atoms with Gasteiger partial charge in [0.25, 0.3) is 0 Å². The van der Waals surface area contributed by atoms with E-state index in [2.05, 4.69) is 83.1 Å². The standard InChI is InChI=1S/C40H64N2O4/c1-36(2,3)28-22-26(23-29(34(28)45)37(4,5)6)16-18-32(43)40(42,20-14-13-15-21-41)33(44)19-17-27-24-30(38(7,8)9)35(46)31(25-27)39(10,11)12/h22-25,45-46H,13-21,41-42H2,1-12H3. The third-order valence-corrected chi connectivity index (χ3v) is 9.12. The lowest BCUT2D eigenvalue weighted by Crippen LogP contribution is -2.55. The van der Waals surface area contributed by atoms with Crippen LogP contribution in [-0.4, -0.2) is 33.9 Å². The summed E-state index contributed by atoms with van der Waals surface area (Å²) in [5.41, 5.74) is 15.1. The second-order valence-electron chi connectivity index (χ2n) is 17.5. The fourth-order valence-corrected chi connectivity index (χ4v) is 6.09. The maximum Gasteiger partial charge on any atom is 0.160 e. The first-order valence-electron chi connectivity index (χ1n) is 17.1. The minimum atomic E-state index is -1.58. The van der Waals surface area contributed by atoms with E-state index in [1.165, 1.54) is 0 Å². The molecule has 0 radical (unpaired) electrons. The van der Waals surface area contributed by atoms with Crippen LogP contribution in [0.4, 0.5) is 0 Å². The molecule has 0 aliphatic carbocycles. The van der Waals surface area contributed by atoms with E-state index in [0.29, 0.717) is 37.3 Å². The quantitative estimate of drug-likeness (QED) is 0.130. The Bertz CT molecular complexity index is 1210. The summed E-state index contributed by atoms with van der Waals surface area (Å²) in [5.74, 6) is 0.113. The lowest BCUT2D eigenvalue weighted by atomic mass is 9.76. The van der Waals surface area contributed by atoms with Gasteiger partial charge in [-0.2, -0.15) is 0 Å². The number of benzene rings is 2. The van der Waals surface area contributed by atoms with E-state index < -0.39 is 5.54 Å². The van der Waals surface area contributed by atoms with Gasteiger partial charge in [0.2, 0.25) is 0 Å². The number of unbranched alkanes of at least 4 members (excludes halogenated alkanes) is 2. The number of phenols is 2. The number of rotatable bonds is 13. The Hall–Kier alpha value is -2.70. The van der Waals surface area contributed by atoms with E-state index in [1.807, 2.05) is 24.3 Å². The highest BCUT2D eigenvalue weighted by Gasteiger charge is 2.40. The highest BCUT2D eigenvalue weighted by molar-refractivity contribution is 6.11. The fraction of sp³-hybridized carbons (Fsp3) is 0.650. The Morgan fingerprint density at radius 1 is 0.565 bits per heavy atom. The minimum Gasteiger partial charge on any atom is -0.507 e. The summed E-state index contributed by atoms with van der Waals surface area (Å²) in [6, 6.07) is 7.96. The molecule has 0 spiro atoms. The molecule has 0 fully saturated rings. The van der Waals surface area contributed by atoms with Crippen LogP contribution in [0.3, 0.4) is 0 Å². The Balaban J connectivity index is 2.41. The van der Waals surface area contributed by atoms with Crippen molar-refractivity contribution < 1.29 is 19.8 Å². The average Bonchev–Trinajstić information content (AvgIpc) is 2.91. The summed E-state index contributed by atoms with van der Waals surface area (Å²) in [5, 5.41) is 22.3. The zero-order valence-corrected chi connectivity index (χ0v) is 31.0. The number of nitrogens with two attached hydrogens (primary N) is 2. The highest BCUT2D eigenvalue weighted by atomic mass is 16.3. The summed E-state index contributed by atoms with van der Waals surface area (Å²) < 4.78 is 0.